The van der Waals surface area contributed by atoms with E-state index in [2.05, 4.69) is 24.1 Å². The van der Waals surface area contributed by atoms with Crippen LogP contribution < -0.4 is 5.32 Å². The van der Waals surface area contributed by atoms with Gasteiger partial charge in [-0.05, 0) is 32.6 Å². The lowest BCUT2D eigenvalue weighted by Crippen LogP contribution is -2.49. The van der Waals surface area contributed by atoms with E-state index in [1.165, 1.54) is 6.54 Å². The lowest BCUT2D eigenvalue weighted by molar-refractivity contribution is 0.166. The summed E-state index contributed by atoms with van der Waals surface area (Å²) < 4.78 is 0. The van der Waals surface area contributed by atoms with Gasteiger partial charge < -0.3 is 15.1 Å². The number of carbonyl (C=O) groups excluding carboxylic acids is 1. The van der Waals surface area contributed by atoms with Gasteiger partial charge in [0.1, 0.15) is 0 Å². The molecule has 1 saturated heterocycles. The van der Waals surface area contributed by atoms with Gasteiger partial charge in [-0.25, -0.2) is 4.79 Å². The normalized spacial score (nSPS) is 18.1. The molecule has 1 heterocycles. The molecule has 1 aliphatic rings. The molecule has 2 amide bonds. The van der Waals surface area contributed by atoms with Crippen molar-refractivity contribution in [2.24, 2.45) is 5.92 Å². The lowest BCUT2D eigenvalue weighted by Gasteiger charge is -2.34. The highest BCUT2D eigenvalue weighted by Gasteiger charge is 2.22. The molecular weight excluding hydrogens is 226 g/mol. The van der Waals surface area contributed by atoms with Gasteiger partial charge >= 0.3 is 6.03 Å². The first-order valence-electron chi connectivity index (χ1n) is 7.34. The van der Waals surface area contributed by atoms with Crippen LogP contribution in [0.2, 0.25) is 0 Å². The molecule has 0 saturated carbocycles. The van der Waals surface area contributed by atoms with Gasteiger partial charge in [0.05, 0.1) is 0 Å². The molecule has 4 nitrogen and oxygen atoms in total. The van der Waals surface area contributed by atoms with Crippen molar-refractivity contribution < 1.29 is 4.79 Å². The van der Waals surface area contributed by atoms with Crippen LogP contribution in [0.1, 0.15) is 40.5 Å². The van der Waals surface area contributed by atoms with Crippen LogP contribution in [0.5, 0.6) is 0 Å². The molecule has 0 aromatic heterocycles. The quantitative estimate of drug-likeness (QED) is 0.817. The van der Waals surface area contributed by atoms with Crippen molar-refractivity contribution in [3.63, 3.8) is 0 Å². The summed E-state index contributed by atoms with van der Waals surface area (Å²) in [4.78, 5) is 16.3. The standard InChI is InChI=1S/C14H29N3O/c1-5-17(6-2)14(18)15-13-7-9-16(10-8-13)11-12(3)4/h12-13H,5-11H2,1-4H3,(H,15,18). The number of amides is 2. The predicted octanol–water partition coefficient (Wildman–Crippen LogP) is 2.16. The van der Waals surface area contributed by atoms with Crippen LogP contribution in [-0.4, -0.2) is 54.6 Å². The van der Waals surface area contributed by atoms with Crippen molar-refractivity contribution in [1.82, 2.24) is 15.1 Å². The molecule has 18 heavy (non-hydrogen) atoms. The van der Waals surface area contributed by atoms with Crippen LogP contribution in [0.4, 0.5) is 4.79 Å². The second-order valence-electron chi connectivity index (χ2n) is 5.59. The highest BCUT2D eigenvalue weighted by molar-refractivity contribution is 5.74. The molecule has 1 fully saturated rings. The summed E-state index contributed by atoms with van der Waals surface area (Å²) in [5, 5.41) is 3.15. The molecule has 0 aliphatic carbocycles. The largest absolute Gasteiger partial charge is 0.335 e. The molecule has 0 aromatic carbocycles. The van der Waals surface area contributed by atoms with E-state index in [0.717, 1.165) is 44.9 Å². The Morgan fingerprint density at radius 1 is 1.28 bits per heavy atom. The van der Waals surface area contributed by atoms with Crippen LogP contribution in [-0.2, 0) is 0 Å². The molecule has 0 radical (unpaired) electrons. The Morgan fingerprint density at radius 2 is 1.83 bits per heavy atom. The Kier molecular flexibility index (Phi) is 6.47. The number of nitrogens with one attached hydrogen (secondary N) is 1. The average Bonchev–Trinajstić information content (AvgIpc) is 2.32. The van der Waals surface area contributed by atoms with Gasteiger partial charge in [-0.2, -0.15) is 0 Å². The predicted molar refractivity (Wildman–Crippen MR) is 75.8 cm³/mol. The Labute approximate surface area is 112 Å². The van der Waals surface area contributed by atoms with Crippen LogP contribution in [0.15, 0.2) is 0 Å². The van der Waals surface area contributed by atoms with Crippen molar-refractivity contribution >= 4 is 6.03 Å². The maximum Gasteiger partial charge on any atom is 0.317 e. The molecule has 0 unspecified atom stereocenters. The molecule has 1 aliphatic heterocycles. The molecule has 0 spiro atoms. The highest BCUT2D eigenvalue weighted by Crippen LogP contribution is 2.12. The molecular formula is C14H29N3O. The number of urea groups is 1. The van der Waals surface area contributed by atoms with Gasteiger partial charge in [0.2, 0.25) is 0 Å². The second kappa shape index (κ2) is 7.62. The summed E-state index contributed by atoms with van der Waals surface area (Å²) in [6.07, 6.45) is 2.17. The minimum absolute atomic E-state index is 0.0994. The summed E-state index contributed by atoms with van der Waals surface area (Å²) in [6.45, 7) is 13.5. The van der Waals surface area contributed by atoms with Gasteiger partial charge in [-0.15, -0.1) is 0 Å². The summed E-state index contributed by atoms with van der Waals surface area (Å²) in [5.41, 5.74) is 0. The first-order valence-corrected chi connectivity index (χ1v) is 7.34. The molecule has 0 atom stereocenters. The third-order valence-corrected chi connectivity index (χ3v) is 3.59. The van der Waals surface area contributed by atoms with Crippen LogP contribution in [0.25, 0.3) is 0 Å². The highest BCUT2D eigenvalue weighted by atomic mass is 16.2. The molecule has 106 valence electrons. The van der Waals surface area contributed by atoms with E-state index in [-0.39, 0.29) is 6.03 Å². The van der Waals surface area contributed by atoms with E-state index in [1.807, 2.05) is 18.7 Å². The van der Waals surface area contributed by atoms with Crippen molar-refractivity contribution in [3.8, 4) is 0 Å². The Balaban J connectivity index is 2.28. The minimum atomic E-state index is 0.0994. The Hall–Kier alpha value is -0.770. The zero-order valence-corrected chi connectivity index (χ0v) is 12.4. The maximum absolute atomic E-state index is 11.9. The smallest absolute Gasteiger partial charge is 0.317 e. The van der Waals surface area contributed by atoms with Crippen LogP contribution >= 0.6 is 0 Å². The molecule has 1 N–H and O–H groups in total. The fraction of sp³-hybridized carbons (Fsp3) is 0.929. The van der Waals surface area contributed by atoms with Crippen molar-refractivity contribution in [3.05, 3.63) is 0 Å². The summed E-state index contributed by atoms with van der Waals surface area (Å²) in [7, 11) is 0. The first kappa shape index (κ1) is 15.3. The third kappa shape index (κ3) is 4.84. The van der Waals surface area contributed by atoms with E-state index in [1.54, 1.807) is 0 Å². The van der Waals surface area contributed by atoms with Crippen molar-refractivity contribution in [2.45, 2.75) is 46.6 Å². The number of likely N-dealkylation sites (tertiary alicyclic amines) is 1. The summed E-state index contributed by atoms with van der Waals surface area (Å²) in [5.74, 6) is 0.729. The lowest BCUT2D eigenvalue weighted by atomic mass is 10.0. The van der Waals surface area contributed by atoms with Gasteiger partial charge in [0.25, 0.3) is 0 Å². The van der Waals surface area contributed by atoms with Crippen molar-refractivity contribution in [2.75, 3.05) is 32.7 Å². The molecule has 4 heteroatoms. The molecule has 0 aromatic rings. The average molecular weight is 255 g/mol. The maximum atomic E-state index is 11.9. The SMILES string of the molecule is CCN(CC)C(=O)NC1CCN(CC(C)C)CC1. The van der Waals surface area contributed by atoms with E-state index in [0.29, 0.717) is 6.04 Å². The molecule has 0 bridgehead atoms. The second-order valence-corrected chi connectivity index (χ2v) is 5.59. The van der Waals surface area contributed by atoms with E-state index >= 15 is 0 Å². The summed E-state index contributed by atoms with van der Waals surface area (Å²) >= 11 is 0. The zero-order valence-electron chi connectivity index (χ0n) is 12.4. The van der Waals surface area contributed by atoms with E-state index in [9.17, 15) is 4.79 Å². The van der Waals surface area contributed by atoms with Gasteiger partial charge in [-0.3, -0.25) is 0 Å². The number of hydrogen-bond acceptors (Lipinski definition) is 2. The zero-order chi connectivity index (χ0) is 13.5. The fourth-order valence-corrected chi connectivity index (χ4v) is 2.55. The first-order chi connectivity index (χ1) is 8.56. The minimum Gasteiger partial charge on any atom is -0.335 e. The van der Waals surface area contributed by atoms with E-state index < -0.39 is 0 Å². The Morgan fingerprint density at radius 3 is 2.28 bits per heavy atom. The van der Waals surface area contributed by atoms with E-state index in [4.69, 9.17) is 0 Å². The van der Waals surface area contributed by atoms with Crippen LogP contribution in [0.3, 0.4) is 0 Å². The monoisotopic (exact) mass is 255 g/mol. The Bertz CT molecular complexity index is 243. The summed E-state index contributed by atoms with van der Waals surface area (Å²) in [6, 6.07) is 0.462. The number of nitrogens with zero attached hydrogens (tertiary/aromatic N) is 2. The van der Waals surface area contributed by atoms with Gasteiger partial charge in [-0.1, -0.05) is 13.8 Å². The molecule has 1 rings (SSSR count). The fourth-order valence-electron chi connectivity index (χ4n) is 2.55. The van der Waals surface area contributed by atoms with Gasteiger partial charge in [0, 0.05) is 38.8 Å². The van der Waals surface area contributed by atoms with Crippen LogP contribution in [0, 0.1) is 5.92 Å². The van der Waals surface area contributed by atoms with Crippen molar-refractivity contribution in [1.29, 1.82) is 0 Å². The number of piperidine rings is 1. The number of rotatable bonds is 5. The van der Waals surface area contributed by atoms with Gasteiger partial charge in [0.15, 0.2) is 0 Å². The number of carbonyl (C=O) groups is 1. The third-order valence-electron chi connectivity index (χ3n) is 3.59. The number of hydrogen-bond donors (Lipinski definition) is 1. The topological polar surface area (TPSA) is 35.6 Å².